The Balaban J connectivity index is 2.31. The smallest absolute Gasteiger partial charge is 0.338 e. The Labute approximate surface area is 159 Å². The lowest BCUT2D eigenvalue weighted by Crippen LogP contribution is -2.25. The van der Waals surface area contributed by atoms with Crippen LogP contribution in [0.4, 0.5) is 0 Å². The van der Waals surface area contributed by atoms with Crippen LogP contribution in [-0.2, 0) is 19.0 Å². The molecule has 0 aliphatic carbocycles. The minimum absolute atomic E-state index is 0.00654. The van der Waals surface area contributed by atoms with Gasteiger partial charge in [-0.3, -0.25) is 0 Å². The number of nitrogens with two attached hydrogens (primary N) is 1. The molecule has 0 saturated heterocycles. The van der Waals surface area contributed by atoms with E-state index >= 15 is 0 Å². The average Bonchev–Trinajstić information content (AvgIpc) is 2.65. The second kappa shape index (κ2) is 9.64. The number of carbonyl (C=O) groups is 1. The number of nitriles is 1. The number of ether oxygens (including phenoxy) is 4. The minimum atomic E-state index is -0.648. The molecular formula is C20H24N2O5. The summed E-state index contributed by atoms with van der Waals surface area (Å²) in [5, 5.41) is 9.55. The van der Waals surface area contributed by atoms with Crippen molar-refractivity contribution in [2.75, 3.05) is 26.9 Å². The summed E-state index contributed by atoms with van der Waals surface area (Å²) in [6, 6.07) is 9.25. The molecule has 2 rings (SSSR count). The third kappa shape index (κ3) is 4.80. The van der Waals surface area contributed by atoms with Gasteiger partial charge in [-0.2, -0.15) is 5.26 Å². The molecular weight excluding hydrogens is 348 g/mol. The van der Waals surface area contributed by atoms with Crippen LogP contribution < -0.4 is 10.5 Å². The highest BCUT2D eigenvalue weighted by molar-refractivity contribution is 5.92. The van der Waals surface area contributed by atoms with E-state index < -0.39 is 11.9 Å². The highest BCUT2D eigenvalue weighted by Gasteiger charge is 2.36. The quantitative estimate of drug-likeness (QED) is 0.553. The number of carbonyl (C=O) groups excluding carboxylic acids is 1. The molecule has 1 aliphatic heterocycles. The fourth-order valence-electron chi connectivity index (χ4n) is 2.84. The Hall–Kier alpha value is -2.98. The van der Waals surface area contributed by atoms with Gasteiger partial charge in [-0.05, 0) is 31.5 Å². The van der Waals surface area contributed by atoms with Crippen LogP contribution in [0, 0.1) is 11.3 Å². The van der Waals surface area contributed by atoms with Gasteiger partial charge < -0.3 is 24.7 Å². The molecule has 2 N–H and O–H groups in total. The van der Waals surface area contributed by atoms with E-state index in [0.717, 1.165) is 12.0 Å². The monoisotopic (exact) mass is 372 g/mol. The third-order valence-corrected chi connectivity index (χ3v) is 4.08. The second-order valence-electron chi connectivity index (χ2n) is 5.88. The van der Waals surface area contributed by atoms with Crippen molar-refractivity contribution in [3.8, 4) is 11.8 Å². The van der Waals surface area contributed by atoms with Crippen LogP contribution in [0.1, 0.15) is 31.7 Å². The number of methoxy groups -OCH3 is 1. The lowest BCUT2D eigenvalue weighted by atomic mass is 9.83. The van der Waals surface area contributed by atoms with Crippen molar-refractivity contribution < 1.29 is 23.7 Å². The fraction of sp³-hybridized carbons (Fsp3) is 0.400. The topological polar surface area (TPSA) is 104 Å². The van der Waals surface area contributed by atoms with Crippen molar-refractivity contribution in [2.45, 2.75) is 26.2 Å². The van der Waals surface area contributed by atoms with Crippen molar-refractivity contribution in [2.24, 2.45) is 5.73 Å². The zero-order chi connectivity index (χ0) is 19.8. The van der Waals surface area contributed by atoms with E-state index in [1.54, 1.807) is 45.2 Å². The summed E-state index contributed by atoms with van der Waals surface area (Å²) in [7, 11) is 1.64. The Bertz CT molecular complexity index is 775. The molecule has 0 saturated carbocycles. The maximum atomic E-state index is 12.5. The van der Waals surface area contributed by atoms with Crippen LogP contribution in [0.15, 0.2) is 47.1 Å². The van der Waals surface area contributed by atoms with Crippen LogP contribution in [0.25, 0.3) is 0 Å². The van der Waals surface area contributed by atoms with Gasteiger partial charge in [0.15, 0.2) is 0 Å². The summed E-state index contributed by atoms with van der Waals surface area (Å²) < 4.78 is 21.2. The van der Waals surface area contributed by atoms with Gasteiger partial charge in [-0.1, -0.05) is 12.1 Å². The number of nitrogens with zero attached hydrogens (tertiary/aromatic N) is 1. The summed E-state index contributed by atoms with van der Waals surface area (Å²) in [5.74, 6) is -0.163. The van der Waals surface area contributed by atoms with Crippen molar-refractivity contribution >= 4 is 5.97 Å². The SMILES string of the molecule is CCOC(=O)C1=C(C)OC(N)=C(C#N)C1c1ccc(OCCCOC)cc1. The van der Waals surface area contributed by atoms with Crippen molar-refractivity contribution in [1.29, 1.82) is 5.26 Å². The first-order chi connectivity index (χ1) is 13.0. The molecule has 0 aromatic heterocycles. The molecule has 1 unspecified atom stereocenters. The molecule has 0 bridgehead atoms. The summed E-state index contributed by atoms with van der Waals surface area (Å²) >= 11 is 0. The maximum absolute atomic E-state index is 12.5. The molecule has 0 spiro atoms. The van der Waals surface area contributed by atoms with Gasteiger partial charge in [0.1, 0.15) is 23.2 Å². The molecule has 7 heteroatoms. The van der Waals surface area contributed by atoms with E-state index in [4.69, 9.17) is 24.7 Å². The number of allylic oxidation sites excluding steroid dienone is 2. The Morgan fingerprint density at radius 1 is 1.30 bits per heavy atom. The molecule has 0 amide bonds. The predicted octanol–water partition coefficient (Wildman–Crippen LogP) is 2.75. The molecule has 1 aromatic rings. The number of benzene rings is 1. The Kier molecular flexibility index (Phi) is 7.26. The minimum Gasteiger partial charge on any atom is -0.494 e. The van der Waals surface area contributed by atoms with Crippen LogP contribution in [-0.4, -0.2) is 32.9 Å². The zero-order valence-electron chi connectivity index (χ0n) is 15.8. The molecule has 1 heterocycles. The van der Waals surface area contributed by atoms with Crippen LogP contribution in [0.3, 0.4) is 0 Å². The van der Waals surface area contributed by atoms with Gasteiger partial charge in [0.2, 0.25) is 5.88 Å². The first-order valence-corrected chi connectivity index (χ1v) is 8.70. The van der Waals surface area contributed by atoms with E-state index in [2.05, 4.69) is 6.07 Å². The standard InChI is InChI=1S/C20H24N2O5/c1-4-25-20(23)17-13(2)27-19(22)16(12-21)18(17)14-6-8-15(9-7-14)26-11-5-10-24-3/h6-9,18H,4-5,10-11,22H2,1-3H3. The van der Waals surface area contributed by atoms with Gasteiger partial charge >= 0.3 is 5.97 Å². The largest absolute Gasteiger partial charge is 0.494 e. The van der Waals surface area contributed by atoms with Crippen LogP contribution >= 0.6 is 0 Å². The zero-order valence-corrected chi connectivity index (χ0v) is 15.8. The first-order valence-electron chi connectivity index (χ1n) is 8.70. The van der Waals surface area contributed by atoms with Gasteiger partial charge in [0, 0.05) is 20.1 Å². The van der Waals surface area contributed by atoms with Gasteiger partial charge in [0.25, 0.3) is 0 Å². The molecule has 1 aromatic carbocycles. The maximum Gasteiger partial charge on any atom is 0.338 e. The van der Waals surface area contributed by atoms with Crippen LogP contribution in [0.5, 0.6) is 5.75 Å². The van der Waals surface area contributed by atoms with Crippen molar-refractivity contribution in [3.05, 3.63) is 52.6 Å². The Morgan fingerprint density at radius 2 is 2.00 bits per heavy atom. The van der Waals surface area contributed by atoms with Gasteiger partial charge in [-0.15, -0.1) is 0 Å². The molecule has 27 heavy (non-hydrogen) atoms. The number of rotatable bonds is 8. The van der Waals surface area contributed by atoms with Crippen molar-refractivity contribution in [1.82, 2.24) is 0 Å². The van der Waals surface area contributed by atoms with Crippen LogP contribution in [0.2, 0.25) is 0 Å². The van der Waals surface area contributed by atoms with Gasteiger partial charge in [0.05, 0.1) is 24.7 Å². The summed E-state index contributed by atoms with van der Waals surface area (Å²) in [6.07, 6.45) is 0.783. The molecule has 1 aliphatic rings. The fourth-order valence-corrected chi connectivity index (χ4v) is 2.84. The van der Waals surface area contributed by atoms with E-state index in [-0.39, 0.29) is 23.6 Å². The molecule has 0 fully saturated rings. The van der Waals surface area contributed by atoms with Gasteiger partial charge in [-0.25, -0.2) is 4.79 Å². The Morgan fingerprint density at radius 3 is 2.59 bits per heavy atom. The lowest BCUT2D eigenvalue weighted by molar-refractivity contribution is -0.139. The predicted molar refractivity (Wildman–Crippen MR) is 98.4 cm³/mol. The summed E-state index contributed by atoms with van der Waals surface area (Å²) in [6.45, 7) is 4.74. The summed E-state index contributed by atoms with van der Waals surface area (Å²) in [4.78, 5) is 12.5. The van der Waals surface area contributed by atoms with E-state index in [1.807, 2.05) is 0 Å². The second-order valence-corrected chi connectivity index (χ2v) is 5.88. The number of hydrogen-bond donors (Lipinski definition) is 1. The molecule has 1 atom stereocenters. The van der Waals surface area contributed by atoms with E-state index in [0.29, 0.717) is 24.7 Å². The van der Waals surface area contributed by atoms with Crippen molar-refractivity contribution in [3.63, 3.8) is 0 Å². The van der Waals surface area contributed by atoms with E-state index in [1.165, 1.54) is 0 Å². The highest BCUT2D eigenvalue weighted by Crippen LogP contribution is 2.39. The first kappa shape index (κ1) is 20.3. The number of esters is 1. The normalized spacial score (nSPS) is 16.6. The highest BCUT2D eigenvalue weighted by atomic mass is 16.5. The lowest BCUT2D eigenvalue weighted by Gasteiger charge is -2.26. The molecule has 0 radical (unpaired) electrons. The van der Waals surface area contributed by atoms with E-state index in [9.17, 15) is 10.1 Å². The summed E-state index contributed by atoms with van der Waals surface area (Å²) in [5.41, 5.74) is 7.06. The molecule has 144 valence electrons. The number of hydrogen-bond acceptors (Lipinski definition) is 7. The molecule has 7 nitrogen and oxygen atoms in total. The average molecular weight is 372 g/mol. The third-order valence-electron chi connectivity index (χ3n) is 4.08.